The molecule has 3 N–H and O–H groups in total. The van der Waals surface area contributed by atoms with Gasteiger partial charge in [-0.1, -0.05) is 18.1 Å². The van der Waals surface area contributed by atoms with Crippen molar-refractivity contribution >= 4 is 34.4 Å². The Kier molecular flexibility index (Phi) is 5.84. The van der Waals surface area contributed by atoms with Crippen LogP contribution >= 0.6 is 11.3 Å². The number of benzene rings is 2. The predicted molar refractivity (Wildman–Crippen MR) is 145 cm³/mol. The van der Waals surface area contributed by atoms with E-state index < -0.39 is 0 Å². The summed E-state index contributed by atoms with van der Waals surface area (Å²) in [6.07, 6.45) is 9.75. The molecule has 0 saturated heterocycles. The molecule has 6 heteroatoms. The summed E-state index contributed by atoms with van der Waals surface area (Å²) in [4.78, 5) is 1.10. The molecule has 178 valence electrons. The summed E-state index contributed by atoms with van der Waals surface area (Å²) in [7, 11) is 1.56. The predicted octanol–water partition coefficient (Wildman–Crippen LogP) is 6.35. The molecule has 0 fully saturated rings. The summed E-state index contributed by atoms with van der Waals surface area (Å²) in [6, 6.07) is 9.68. The van der Waals surface area contributed by atoms with Crippen LogP contribution < -0.4 is 20.1 Å². The first-order valence-corrected chi connectivity index (χ1v) is 12.4. The third kappa shape index (κ3) is 4.07. The molecule has 0 unspecified atom stereocenters. The van der Waals surface area contributed by atoms with Crippen LogP contribution in [-0.2, 0) is 6.54 Å². The highest BCUT2D eigenvalue weighted by Gasteiger charge is 2.33. The number of rotatable bonds is 5. The third-order valence-corrected chi connectivity index (χ3v) is 7.16. The number of terminal acetylenes is 1. The van der Waals surface area contributed by atoms with E-state index >= 15 is 0 Å². The Hall–Kier alpha value is -3.66. The summed E-state index contributed by atoms with van der Waals surface area (Å²) in [6.45, 7) is 7.64. The number of nitrogens with one attached hydrogen (secondary N) is 2. The first kappa shape index (κ1) is 23.1. The molecule has 0 bridgehead atoms. The fraction of sp³-hybridized carbons (Fsp3) is 0.241. The molecule has 0 amide bonds. The van der Waals surface area contributed by atoms with E-state index in [1.807, 2.05) is 0 Å². The molecule has 3 aromatic rings. The van der Waals surface area contributed by atoms with E-state index in [2.05, 4.69) is 73.1 Å². The Morgan fingerprint density at radius 2 is 2.03 bits per heavy atom. The number of fused-ring (bicyclic) bond motifs is 5. The minimum absolute atomic E-state index is 0.0811. The van der Waals surface area contributed by atoms with Crippen molar-refractivity contribution in [1.82, 2.24) is 5.32 Å². The largest absolute Gasteiger partial charge is 0.504 e. The molecule has 0 atom stereocenters. The van der Waals surface area contributed by atoms with Crippen LogP contribution in [0.2, 0.25) is 0 Å². The average Bonchev–Trinajstić information content (AvgIpc) is 3.25. The maximum Gasteiger partial charge on any atom is 0.172 e. The van der Waals surface area contributed by atoms with Crippen LogP contribution in [0.4, 0.5) is 5.69 Å². The highest BCUT2D eigenvalue weighted by atomic mass is 32.1. The maximum absolute atomic E-state index is 10.5. The van der Waals surface area contributed by atoms with E-state index in [9.17, 15) is 5.11 Å². The Labute approximate surface area is 210 Å². The van der Waals surface area contributed by atoms with E-state index in [4.69, 9.17) is 15.9 Å². The quantitative estimate of drug-likeness (QED) is 0.291. The lowest BCUT2D eigenvalue weighted by Gasteiger charge is -2.35. The van der Waals surface area contributed by atoms with Gasteiger partial charge >= 0.3 is 0 Å². The maximum atomic E-state index is 10.5. The summed E-state index contributed by atoms with van der Waals surface area (Å²) in [5, 5.41) is 19.5. The molecule has 3 heterocycles. The van der Waals surface area contributed by atoms with Crippen molar-refractivity contribution in [3.63, 3.8) is 0 Å². The number of phenols is 1. The van der Waals surface area contributed by atoms with Gasteiger partial charge in [-0.05, 0) is 67.6 Å². The Balaban J connectivity index is 1.75. The highest BCUT2D eigenvalue weighted by Crippen LogP contribution is 2.54. The lowest BCUT2D eigenvalue weighted by Crippen LogP contribution is -2.32. The van der Waals surface area contributed by atoms with Crippen LogP contribution in [0.5, 0.6) is 17.2 Å². The minimum atomic E-state index is -0.164. The number of ether oxygens (including phenoxy) is 2. The Bertz CT molecular complexity index is 1420. The molecule has 2 aliphatic heterocycles. The molecule has 0 aliphatic carbocycles. The third-order valence-electron chi connectivity index (χ3n) is 6.26. The molecule has 1 aromatic heterocycles. The molecule has 0 saturated carbocycles. The van der Waals surface area contributed by atoms with Crippen molar-refractivity contribution in [3.05, 3.63) is 63.4 Å². The van der Waals surface area contributed by atoms with Gasteiger partial charge in [-0.15, -0.1) is 17.8 Å². The van der Waals surface area contributed by atoms with E-state index in [0.29, 0.717) is 24.6 Å². The number of allylic oxidation sites excluding steroid dienone is 1. The van der Waals surface area contributed by atoms with Crippen LogP contribution in [0.15, 0.2) is 41.8 Å². The minimum Gasteiger partial charge on any atom is -0.504 e. The summed E-state index contributed by atoms with van der Waals surface area (Å²) in [5.41, 5.74) is 6.99. The summed E-state index contributed by atoms with van der Waals surface area (Å²) in [5.74, 6) is 4.51. The first-order chi connectivity index (χ1) is 16.8. The lowest BCUT2D eigenvalue weighted by molar-refractivity contribution is 0.371. The van der Waals surface area contributed by atoms with Crippen LogP contribution in [0.3, 0.4) is 0 Å². The second kappa shape index (κ2) is 8.84. The van der Waals surface area contributed by atoms with E-state index in [0.717, 1.165) is 44.1 Å². The van der Waals surface area contributed by atoms with Crippen molar-refractivity contribution in [3.8, 4) is 40.7 Å². The van der Waals surface area contributed by atoms with Gasteiger partial charge in [0.25, 0.3) is 0 Å². The zero-order valence-corrected chi connectivity index (χ0v) is 21.1. The number of aromatic hydroxyl groups is 1. The number of thiophene rings is 1. The lowest BCUT2D eigenvalue weighted by atomic mass is 9.83. The molecular weight excluding hydrogens is 456 g/mol. The smallest absolute Gasteiger partial charge is 0.172 e. The van der Waals surface area contributed by atoms with Crippen LogP contribution in [0.1, 0.15) is 42.3 Å². The fourth-order valence-electron chi connectivity index (χ4n) is 4.96. The Morgan fingerprint density at radius 1 is 1.20 bits per heavy atom. The number of anilines is 1. The van der Waals surface area contributed by atoms with Gasteiger partial charge in [0, 0.05) is 33.8 Å². The van der Waals surface area contributed by atoms with Gasteiger partial charge in [-0.2, -0.15) is 0 Å². The van der Waals surface area contributed by atoms with Gasteiger partial charge in [0.05, 0.1) is 24.8 Å². The molecule has 0 radical (unpaired) electrons. The highest BCUT2D eigenvalue weighted by molar-refractivity contribution is 7.11. The van der Waals surface area contributed by atoms with Crippen molar-refractivity contribution in [2.45, 2.75) is 32.9 Å². The first-order valence-electron chi connectivity index (χ1n) is 11.5. The van der Waals surface area contributed by atoms with Crippen molar-refractivity contribution in [2.75, 3.05) is 19.0 Å². The van der Waals surface area contributed by atoms with Gasteiger partial charge < -0.3 is 25.2 Å². The molecule has 5 nitrogen and oxygen atoms in total. The van der Waals surface area contributed by atoms with Gasteiger partial charge in [0.2, 0.25) is 0 Å². The molecule has 35 heavy (non-hydrogen) atoms. The zero-order chi connectivity index (χ0) is 24.7. The van der Waals surface area contributed by atoms with E-state index in [1.165, 1.54) is 5.57 Å². The molecule has 2 aromatic carbocycles. The number of methoxy groups -OCH3 is 1. The monoisotopic (exact) mass is 484 g/mol. The van der Waals surface area contributed by atoms with Crippen molar-refractivity contribution in [2.24, 2.45) is 0 Å². The van der Waals surface area contributed by atoms with Crippen LogP contribution in [0, 0.1) is 12.3 Å². The molecular formula is C29H28N2O3S. The average molecular weight is 485 g/mol. The number of phenolic OH excluding ortho intramolecular Hbond substituents is 1. The second-order valence-electron chi connectivity index (χ2n) is 9.30. The topological polar surface area (TPSA) is 62.8 Å². The molecule has 0 spiro atoms. The number of hydrogen-bond donors (Lipinski definition) is 3. The molecule has 5 rings (SSSR count). The van der Waals surface area contributed by atoms with Gasteiger partial charge in [0.1, 0.15) is 11.5 Å². The normalized spacial score (nSPS) is 16.2. The SMILES string of the molecule is C#CCNCc1ccsc1C=C1Oc2ccc(O)c(OC)c2-c2ccc3c(c21)C(C)=CC(C)(C)N3. The van der Waals surface area contributed by atoms with Gasteiger partial charge in [-0.3, -0.25) is 0 Å². The standard InChI is InChI=1S/C29H28N2O3S/c1-6-12-30-16-18-11-13-35-24(18)14-23-26-19(27-22(34-23)10-9-21(32)28(27)33-5)7-8-20-25(26)17(2)15-29(3,4)31-20/h1,7-11,13-15,30-32H,12,16H2,2-5H3. The second-order valence-corrected chi connectivity index (χ2v) is 10.3. The van der Waals surface area contributed by atoms with Crippen LogP contribution in [-0.4, -0.2) is 24.3 Å². The van der Waals surface area contributed by atoms with Crippen LogP contribution in [0.25, 0.3) is 28.5 Å². The molecule has 2 aliphatic rings. The van der Waals surface area contributed by atoms with E-state index in [-0.39, 0.29) is 11.3 Å². The van der Waals surface area contributed by atoms with Crippen molar-refractivity contribution in [1.29, 1.82) is 0 Å². The fourth-order valence-corrected chi connectivity index (χ4v) is 5.80. The number of hydrogen-bond acceptors (Lipinski definition) is 6. The van der Waals surface area contributed by atoms with Crippen molar-refractivity contribution < 1.29 is 14.6 Å². The van der Waals surface area contributed by atoms with Gasteiger partial charge in [-0.25, -0.2) is 0 Å². The van der Waals surface area contributed by atoms with Gasteiger partial charge in [0.15, 0.2) is 11.5 Å². The Morgan fingerprint density at radius 3 is 2.80 bits per heavy atom. The summed E-state index contributed by atoms with van der Waals surface area (Å²) >= 11 is 1.66. The van der Waals surface area contributed by atoms with E-state index in [1.54, 1.807) is 30.6 Å². The summed E-state index contributed by atoms with van der Waals surface area (Å²) < 4.78 is 12.2. The zero-order valence-electron chi connectivity index (χ0n) is 20.3.